The summed E-state index contributed by atoms with van der Waals surface area (Å²) in [5.74, 6) is 3.72. The van der Waals surface area contributed by atoms with Crippen LogP contribution in [-0.2, 0) is 6.61 Å². The van der Waals surface area contributed by atoms with Gasteiger partial charge in [0.2, 0.25) is 0 Å². The van der Waals surface area contributed by atoms with Gasteiger partial charge < -0.3 is 14.9 Å². The topological polar surface area (TPSA) is 62.6 Å². The molecule has 2 N–H and O–H groups in total. The van der Waals surface area contributed by atoms with Crippen LogP contribution in [0.25, 0.3) is 0 Å². The highest BCUT2D eigenvalue weighted by atomic mass is 16.5. The molecule has 0 saturated heterocycles. The van der Waals surface area contributed by atoms with Gasteiger partial charge in [-0.2, -0.15) is 0 Å². The first-order valence-corrected chi connectivity index (χ1v) is 12.4. The zero-order valence-electron chi connectivity index (χ0n) is 19.4. The van der Waals surface area contributed by atoms with Crippen LogP contribution in [0.1, 0.15) is 77.8 Å². The van der Waals surface area contributed by atoms with Gasteiger partial charge in [0.25, 0.3) is 0 Å². The van der Waals surface area contributed by atoms with Crippen molar-refractivity contribution in [1.82, 2.24) is 4.98 Å². The molecule has 1 heterocycles. The molecule has 0 radical (unpaired) electrons. The molecule has 5 rings (SSSR count). The molecule has 4 nitrogen and oxygen atoms in total. The molecule has 4 aliphatic rings. The summed E-state index contributed by atoms with van der Waals surface area (Å²) < 4.78 is 6.38. The molecule has 0 amide bonds. The van der Waals surface area contributed by atoms with Crippen LogP contribution in [0.2, 0.25) is 0 Å². The Bertz CT molecular complexity index is 835. The average molecular weight is 426 g/mol. The predicted molar refractivity (Wildman–Crippen MR) is 121 cm³/mol. The van der Waals surface area contributed by atoms with Crippen molar-refractivity contribution in [2.24, 2.45) is 34.5 Å². The highest BCUT2D eigenvalue weighted by Crippen LogP contribution is 2.66. The van der Waals surface area contributed by atoms with Gasteiger partial charge in [-0.05, 0) is 99.0 Å². The monoisotopic (exact) mass is 425 g/mol. The fourth-order valence-corrected chi connectivity index (χ4v) is 8.32. The lowest BCUT2D eigenvalue weighted by Crippen LogP contribution is -2.51. The summed E-state index contributed by atoms with van der Waals surface area (Å²) in [4.78, 5) is 4.28. The molecule has 0 spiro atoms. The smallest absolute Gasteiger partial charge is 0.138 e. The molecule has 0 bridgehead atoms. The Kier molecular flexibility index (Phi) is 5.45. The number of allylic oxidation sites excluding steroid dienone is 1. The largest absolute Gasteiger partial charge is 0.489 e. The van der Waals surface area contributed by atoms with Gasteiger partial charge in [0.15, 0.2) is 0 Å². The minimum atomic E-state index is -0.125. The van der Waals surface area contributed by atoms with E-state index in [0.717, 1.165) is 42.8 Å². The van der Waals surface area contributed by atoms with Crippen molar-refractivity contribution in [3.05, 3.63) is 35.7 Å². The Morgan fingerprint density at radius 2 is 1.97 bits per heavy atom. The zero-order valence-corrected chi connectivity index (χ0v) is 19.4. The molecule has 1 unspecified atom stereocenters. The second-order valence-corrected chi connectivity index (χ2v) is 11.4. The van der Waals surface area contributed by atoms with E-state index in [1.807, 2.05) is 12.1 Å². The lowest BCUT2D eigenvalue weighted by Gasteiger charge is -2.58. The summed E-state index contributed by atoms with van der Waals surface area (Å²) in [7, 11) is 0. The molecule has 0 aromatic carbocycles. The molecule has 8 atom stereocenters. The Balaban J connectivity index is 1.33. The second-order valence-electron chi connectivity index (χ2n) is 11.4. The normalized spacial score (nSPS) is 42.7. The van der Waals surface area contributed by atoms with E-state index in [-0.39, 0.29) is 18.8 Å². The van der Waals surface area contributed by atoms with Crippen LogP contribution in [0, 0.1) is 34.5 Å². The third-order valence-corrected chi connectivity index (χ3v) is 10.00. The number of nitrogens with zero attached hydrogens (tertiary/aromatic N) is 1. The van der Waals surface area contributed by atoms with Crippen LogP contribution >= 0.6 is 0 Å². The fraction of sp³-hybridized carbons (Fsp3) is 0.741. The van der Waals surface area contributed by atoms with Gasteiger partial charge in [0, 0.05) is 5.92 Å². The summed E-state index contributed by atoms with van der Waals surface area (Å²) in [5, 5.41) is 19.4. The summed E-state index contributed by atoms with van der Waals surface area (Å²) in [6, 6.07) is 3.78. The average Bonchev–Trinajstić information content (AvgIpc) is 3.12. The Hall–Kier alpha value is -1.39. The van der Waals surface area contributed by atoms with Gasteiger partial charge in [0.05, 0.1) is 30.7 Å². The molecule has 0 aliphatic heterocycles. The van der Waals surface area contributed by atoms with Crippen LogP contribution in [0.4, 0.5) is 0 Å². The fourth-order valence-electron chi connectivity index (χ4n) is 8.32. The molecule has 4 heteroatoms. The number of pyridine rings is 1. The van der Waals surface area contributed by atoms with E-state index in [0.29, 0.717) is 22.4 Å². The van der Waals surface area contributed by atoms with E-state index in [2.05, 4.69) is 31.8 Å². The van der Waals surface area contributed by atoms with Crippen LogP contribution in [0.3, 0.4) is 0 Å². The predicted octanol–water partition coefficient (Wildman–Crippen LogP) is 5.28. The highest BCUT2D eigenvalue weighted by Gasteiger charge is 2.59. The van der Waals surface area contributed by atoms with Crippen molar-refractivity contribution < 1.29 is 14.9 Å². The van der Waals surface area contributed by atoms with Crippen molar-refractivity contribution in [3.8, 4) is 5.75 Å². The minimum absolute atomic E-state index is 0.0329. The number of rotatable bonds is 4. The highest BCUT2D eigenvalue weighted by molar-refractivity contribution is 5.26. The molecule has 31 heavy (non-hydrogen) atoms. The second kappa shape index (κ2) is 7.88. The maximum atomic E-state index is 10.2. The van der Waals surface area contributed by atoms with Crippen LogP contribution in [0.15, 0.2) is 30.0 Å². The number of ether oxygens (including phenoxy) is 1. The van der Waals surface area contributed by atoms with Gasteiger partial charge >= 0.3 is 0 Å². The van der Waals surface area contributed by atoms with Crippen molar-refractivity contribution in [1.29, 1.82) is 0 Å². The number of aromatic nitrogens is 1. The molecule has 170 valence electrons. The number of aliphatic hydroxyl groups excluding tert-OH is 2. The summed E-state index contributed by atoms with van der Waals surface area (Å²) in [5.41, 5.74) is 2.89. The van der Waals surface area contributed by atoms with Crippen LogP contribution in [0.5, 0.6) is 5.75 Å². The van der Waals surface area contributed by atoms with E-state index < -0.39 is 0 Å². The number of hydrogen-bond acceptors (Lipinski definition) is 4. The minimum Gasteiger partial charge on any atom is -0.489 e. The van der Waals surface area contributed by atoms with E-state index in [4.69, 9.17) is 4.74 Å². The van der Waals surface area contributed by atoms with E-state index in [1.165, 1.54) is 32.1 Å². The Morgan fingerprint density at radius 3 is 2.71 bits per heavy atom. The molecule has 3 fully saturated rings. The molecule has 3 saturated carbocycles. The van der Waals surface area contributed by atoms with E-state index in [9.17, 15) is 10.2 Å². The quantitative estimate of drug-likeness (QED) is 0.644. The molecular formula is C27H39NO3. The summed E-state index contributed by atoms with van der Waals surface area (Å²) >= 11 is 0. The van der Waals surface area contributed by atoms with Crippen molar-refractivity contribution in [2.45, 2.75) is 91.0 Å². The standard InChI is InChI=1S/C27H39NO3/c1-17(31-21-6-5-19(16-29)28-15-21)23-8-9-24-22-7-4-18-14-20(30)10-12-26(18,2)25(22)11-13-27(23,24)3/h4-6,15,17,20,22-25,29-30H,7-14,16H2,1-3H3/t17?,20-,22-,23+,24-,25-,26-,27+/m0/s1. The Labute approximate surface area is 187 Å². The maximum Gasteiger partial charge on any atom is 0.138 e. The van der Waals surface area contributed by atoms with E-state index >= 15 is 0 Å². The molecular weight excluding hydrogens is 386 g/mol. The summed E-state index contributed by atoms with van der Waals surface area (Å²) in [6.07, 6.45) is 13.7. The van der Waals surface area contributed by atoms with Crippen LogP contribution in [-0.4, -0.2) is 27.4 Å². The Morgan fingerprint density at radius 1 is 1.13 bits per heavy atom. The molecule has 1 aromatic heterocycles. The van der Waals surface area contributed by atoms with Crippen molar-refractivity contribution in [3.63, 3.8) is 0 Å². The number of hydrogen-bond donors (Lipinski definition) is 2. The van der Waals surface area contributed by atoms with E-state index in [1.54, 1.807) is 11.8 Å². The number of aliphatic hydroxyl groups is 2. The van der Waals surface area contributed by atoms with Gasteiger partial charge in [-0.3, -0.25) is 4.98 Å². The first-order valence-electron chi connectivity index (χ1n) is 12.4. The lowest BCUT2D eigenvalue weighted by molar-refractivity contribution is -0.0643. The zero-order chi connectivity index (χ0) is 21.8. The van der Waals surface area contributed by atoms with Gasteiger partial charge in [-0.1, -0.05) is 25.5 Å². The van der Waals surface area contributed by atoms with Crippen LogP contribution < -0.4 is 4.74 Å². The molecule has 1 aromatic rings. The van der Waals surface area contributed by atoms with Gasteiger partial charge in [-0.15, -0.1) is 0 Å². The maximum absolute atomic E-state index is 10.2. The lowest BCUT2D eigenvalue weighted by atomic mass is 9.47. The third-order valence-electron chi connectivity index (χ3n) is 10.00. The first kappa shape index (κ1) is 21.5. The van der Waals surface area contributed by atoms with Crippen molar-refractivity contribution >= 4 is 0 Å². The summed E-state index contributed by atoms with van der Waals surface area (Å²) in [6.45, 7) is 7.26. The number of fused-ring (bicyclic) bond motifs is 5. The first-order chi connectivity index (χ1) is 14.8. The van der Waals surface area contributed by atoms with Crippen molar-refractivity contribution in [2.75, 3.05) is 0 Å². The van der Waals surface area contributed by atoms with Gasteiger partial charge in [-0.25, -0.2) is 0 Å². The molecule has 4 aliphatic carbocycles. The SMILES string of the molecule is CC(Oc1ccc(CO)nc1)[C@H]1CC[C@H]2[C@@H]3CC=C4C[C@@H](O)CC[C@]4(C)[C@H]3CC[C@]12C. The van der Waals surface area contributed by atoms with Gasteiger partial charge in [0.1, 0.15) is 5.75 Å². The third kappa shape index (κ3) is 3.45.